The lowest BCUT2D eigenvalue weighted by atomic mass is 10.1. The van der Waals surface area contributed by atoms with Crippen LogP contribution in [0, 0.1) is 0 Å². The van der Waals surface area contributed by atoms with Gasteiger partial charge in [0.1, 0.15) is 12.3 Å². The largest absolute Gasteiger partial charge is 0.506 e. The molecule has 0 aromatic rings. The van der Waals surface area contributed by atoms with E-state index in [0.717, 1.165) is 0 Å². The second kappa shape index (κ2) is 4.20. The molecule has 0 bridgehead atoms. The van der Waals surface area contributed by atoms with Crippen molar-refractivity contribution in [3.05, 3.63) is 23.1 Å². The summed E-state index contributed by atoms with van der Waals surface area (Å²) in [5.41, 5.74) is 5.23. The predicted octanol–water partition coefficient (Wildman–Crippen LogP) is -1.60. The summed E-state index contributed by atoms with van der Waals surface area (Å²) in [5.74, 6) is -1.54. The lowest BCUT2D eigenvalue weighted by Gasteiger charge is -2.24. The molecular weight excluding hydrogens is 204 g/mol. The Hall–Kier alpha value is -1.73. The van der Waals surface area contributed by atoms with E-state index in [2.05, 4.69) is 5.32 Å². The second-order valence-corrected chi connectivity index (χ2v) is 2.93. The van der Waals surface area contributed by atoms with E-state index in [1.807, 2.05) is 0 Å². The van der Waals surface area contributed by atoms with Crippen LogP contribution in [0.3, 0.4) is 0 Å². The number of carbonyl (C=O) groups is 1. The molecule has 1 amide bonds. The summed E-state index contributed by atoms with van der Waals surface area (Å²) in [6.07, 6.45) is -1.50. The van der Waals surface area contributed by atoms with Gasteiger partial charge in [-0.2, -0.15) is 0 Å². The van der Waals surface area contributed by atoms with Crippen LogP contribution in [-0.4, -0.2) is 33.9 Å². The third kappa shape index (κ3) is 2.20. The first-order chi connectivity index (χ1) is 6.97. The van der Waals surface area contributed by atoms with Gasteiger partial charge < -0.3 is 31.1 Å². The average molecular weight is 216 g/mol. The van der Waals surface area contributed by atoms with E-state index in [1.54, 1.807) is 0 Å². The molecule has 1 rings (SSSR count). The van der Waals surface area contributed by atoms with Crippen molar-refractivity contribution in [3.8, 4) is 0 Å². The molecule has 1 aliphatic heterocycles. The Balaban J connectivity index is 2.96. The molecular formula is C8H12N2O5. The van der Waals surface area contributed by atoms with Crippen molar-refractivity contribution in [2.45, 2.75) is 13.0 Å². The molecule has 0 unspecified atom stereocenters. The zero-order chi connectivity index (χ0) is 11.6. The number of nitrogens with one attached hydrogen (secondary N) is 1. The summed E-state index contributed by atoms with van der Waals surface area (Å²) in [4.78, 5) is 10.7. The minimum Gasteiger partial charge on any atom is -0.506 e. The number of amides is 1. The van der Waals surface area contributed by atoms with Gasteiger partial charge in [-0.05, 0) is 0 Å². The second-order valence-electron chi connectivity index (χ2n) is 2.93. The number of carbonyl (C=O) groups excluding carboxylic acids is 1. The van der Waals surface area contributed by atoms with Crippen LogP contribution in [0.2, 0.25) is 0 Å². The van der Waals surface area contributed by atoms with Gasteiger partial charge in [-0.1, -0.05) is 0 Å². The highest BCUT2D eigenvalue weighted by molar-refractivity contribution is 5.75. The molecule has 1 aliphatic rings. The molecule has 15 heavy (non-hydrogen) atoms. The molecule has 1 atom stereocenters. The first-order valence-corrected chi connectivity index (χ1v) is 4.13. The molecule has 0 saturated carbocycles. The first kappa shape index (κ1) is 11.3. The maximum atomic E-state index is 10.7. The van der Waals surface area contributed by atoms with E-state index in [1.165, 1.54) is 6.92 Å². The monoisotopic (exact) mass is 216 g/mol. The van der Waals surface area contributed by atoms with Gasteiger partial charge in [0.05, 0.1) is 0 Å². The quantitative estimate of drug-likeness (QED) is 0.378. The van der Waals surface area contributed by atoms with E-state index in [9.17, 15) is 15.0 Å². The highest BCUT2D eigenvalue weighted by Crippen LogP contribution is 2.22. The zero-order valence-electron chi connectivity index (χ0n) is 8.02. The van der Waals surface area contributed by atoms with Crippen LogP contribution in [0.4, 0.5) is 0 Å². The fourth-order valence-electron chi connectivity index (χ4n) is 1.10. The van der Waals surface area contributed by atoms with Crippen molar-refractivity contribution in [2.24, 2.45) is 5.73 Å². The number of rotatable bonds is 2. The molecule has 84 valence electrons. The van der Waals surface area contributed by atoms with Crippen molar-refractivity contribution in [3.63, 3.8) is 0 Å². The van der Waals surface area contributed by atoms with E-state index in [-0.39, 0.29) is 17.3 Å². The summed E-state index contributed by atoms with van der Waals surface area (Å²) in [6.45, 7) is 0.617. The maximum Gasteiger partial charge on any atom is 0.221 e. The molecule has 0 aromatic heterocycles. The van der Waals surface area contributed by atoms with Crippen molar-refractivity contribution in [2.75, 3.05) is 6.61 Å². The van der Waals surface area contributed by atoms with E-state index in [0.29, 0.717) is 0 Å². The Labute approximate surface area is 85.5 Å². The molecule has 0 aromatic carbocycles. The van der Waals surface area contributed by atoms with Crippen molar-refractivity contribution >= 4 is 5.91 Å². The highest BCUT2D eigenvalue weighted by atomic mass is 16.5. The van der Waals surface area contributed by atoms with Crippen LogP contribution in [-0.2, 0) is 9.53 Å². The average Bonchev–Trinajstić information content (AvgIpc) is 2.18. The molecule has 0 aliphatic carbocycles. The van der Waals surface area contributed by atoms with Crippen LogP contribution in [0.5, 0.6) is 0 Å². The minimum absolute atomic E-state index is 0.141. The standard InChI is InChI=1S/C8H12N2O5/c1-3(12)10-5-7(14)6(13)4(2-11)15-8(5)9/h7,11,13-14H,2,9H2,1H3,(H,10,12)/t7-/m1/s1. The minimum atomic E-state index is -1.50. The zero-order valence-corrected chi connectivity index (χ0v) is 8.02. The third-order valence-electron chi connectivity index (χ3n) is 1.77. The summed E-state index contributed by atoms with van der Waals surface area (Å²) >= 11 is 0. The fourth-order valence-corrected chi connectivity index (χ4v) is 1.10. The fraction of sp³-hybridized carbons (Fsp3) is 0.375. The summed E-state index contributed by atoms with van der Waals surface area (Å²) in [7, 11) is 0. The molecule has 0 radical (unpaired) electrons. The van der Waals surface area contributed by atoms with Crippen LogP contribution in [0.25, 0.3) is 0 Å². The van der Waals surface area contributed by atoms with Gasteiger partial charge >= 0.3 is 0 Å². The normalized spacial score (nSPS) is 21.4. The number of ether oxygens (including phenoxy) is 1. The summed E-state index contributed by atoms with van der Waals surface area (Å²) < 4.78 is 4.79. The van der Waals surface area contributed by atoms with E-state index in [4.69, 9.17) is 15.6 Å². The predicted molar refractivity (Wildman–Crippen MR) is 48.9 cm³/mol. The summed E-state index contributed by atoms with van der Waals surface area (Å²) in [5, 5.41) is 29.8. The smallest absolute Gasteiger partial charge is 0.221 e. The Kier molecular flexibility index (Phi) is 3.17. The van der Waals surface area contributed by atoms with Gasteiger partial charge in [-0.25, -0.2) is 0 Å². The van der Waals surface area contributed by atoms with Gasteiger partial charge in [0.25, 0.3) is 0 Å². The molecule has 6 N–H and O–H groups in total. The highest BCUT2D eigenvalue weighted by Gasteiger charge is 2.29. The summed E-state index contributed by atoms with van der Waals surface area (Å²) in [6, 6.07) is 0. The van der Waals surface area contributed by atoms with E-state index >= 15 is 0 Å². The van der Waals surface area contributed by atoms with Crippen molar-refractivity contribution in [1.82, 2.24) is 5.32 Å². The van der Waals surface area contributed by atoms with Crippen LogP contribution in [0.15, 0.2) is 23.1 Å². The lowest BCUT2D eigenvalue weighted by Crippen LogP contribution is -2.36. The molecule has 0 saturated heterocycles. The lowest BCUT2D eigenvalue weighted by molar-refractivity contribution is -0.118. The van der Waals surface area contributed by atoms with Gasteiger partial charge in [-0.3, -0.25) is 4.79 Å². The Bertz CT molecular complexity index is 347. The van der Waals surface area contributed by atoms with E-state index < -0.39 is 24.4 Å². The van der Waals surface area contributed by atoms with Crippen LogP contribution in [0.1, 0.15) is 6.92 Å². The number of nitrogens with two attached hydrogens (primary N) is 1. The molecule has 7 nitrogen and oxygen atoms in total. The number of hydrogen-bond acceptors (Lipinski definition) is 6. The number of aliphatic hydroxyl groups excluding tert-OH is 3. The molecule has 1 heterocycles. The van der Waals surface area contributed by atoms with Gasteiger partial charge in [0.2, 0.25) is 11.8 Å². The Morgan fingerprint density at radius 3 is 2.73 bits per heavy atom. The number of aliphatic hydroxyl groups is 3. The Morgan fingerprint density at radius 1 is 1.67 bits per heavy atom. The molecule has 7 heteroatoms. The van der Waals surface area contributed by atoms with Crippen molar-refractivity contribution < 1.29 is 24.9 Å². The van der Waals surface area contributed by atoms with Gasteiger partial charge in [-0.15, -0.1) is 0 Å². The Morgan fingerprint density at radius 2 is 2.27 bits per heavy atom. The van der Waals surface area contributed by atoms with Gasteiger partial charge in [0.15, 0.2) is 17.6 Å². The SMILES string of the molecule is CC(=O)NC1=C(N)OC(CO)=C(O)[C@@H]1O. The molecule has 0 fully saturated rings. The number of hydrogen-bond donors (Lipinski definition) is 5. The van der Waals surface area contributed by atoms with Crippen LogP contribution >= 0.6 is 0 Å². The van der Waals surface area contributed by atoms with Crippen LogP contribution < -0.4 is 11.1 Å². The topological polar surface area (TPSA) is 125 Å². The molecule has 0 spiro atoms. The van der Waals surface area contributed by atoms with Crippen molar-refractivity contribution in [1.29, 1.82) is 0 Å². The van der Waals surface area contributed by atoms with Gasteiger partial charge in [0, 0.05) is 6.92 Å². The third-order valence-corrected chi connectivity index (χ3v) is 1.77. The maximum absolute atomic E-state index is 10.7. The first-order valence-electron chi connectivity index (χ1n) is 4.13.